The molecule has 1 unspecified atom stereocenters. The number of amides is 4. The van der Waals surface area contributed by atoms with E-state index in [1.165, 1.54) is 18.3 Å². The number of nitrogens with zero attached hydrogens (tertiary/aromatic N) is 3. The van der Waals surface area contributed by atoms with Crippen molar-refractivity contribution in [1.82, 2.24) is 20.5 Å². The highest BCUT2D eigenvalue weighted by Crippen LogP contribution is 2.30. The fraction of sp³-hybridized carbons (Fsp3) is 0.364. The lowest BCUT2D eigenvalue weighted by Gasteiger charge is -2.41. The molecule has 168 valence electrons. The topological polar surface area (TPSA) is 94.6 Å². The summed E-state index contributed by atoms with van der Waals surface area (Å²) in [6.07, 6.45) is 3.17. The zero-order valence-electron chi connectivity index (χ0n) is 17.5. The third kappa shape index (κ3) is 4.12. The molecular weight excluding hydrogens is 420 g/mol. The van der Waals surface area contributed by atoms with Crippen molar-refractivity contribution in [3.63, 3.8) is 0 Å². The van der Waals surface area contributed by atoms with Crippen LogP contribution in [0.3, 0.4) is 0 Å². The normalized spacial score (nSPS) is 23.2. The van der Waals surface area contributed by atoms with Gasteiger partial charge < -0.3 is 15.1 Å². The van der Waals surface area contributed by atoms with Crippen LogP contribution in [-0.4, -0.2) is 53.4 Å². The van der Waals surface area contributed by atoms with Gasteiger partial charge >= 0.3 is 6.03 Å². The average Bonchev–Trinajstić information content (AvgIpc) is 3.05. The van der Waals surface area contributed by atoms with Gasteiger partial charge in [0.2, 0.25) is 5.91 Å². The Kier molecular flexibility index (Phi) is 5.77. The highest BCUT2D eigenvalue weighted by atomic mass is 19.1. The second-order valence-corrected chi connectivity index (χ2v) is 8.07. The number of aromatic nitrogens is 1. The van der Waals surface area contributed by atoms with Crippen LogP contribution in [0.15, 0.2) is 42.7 Å². The monoisotopic (exact) mass is 443 g/mol. The maximum absolute atomic E-state index is 13.6. The first-order valence-electron chi connectivity index (χ1n) is 10.3. The van der Waals surface area contributed by atoms with E-state index in [1.54, 1.807) is 23.2 Å². The van der Waals surface area contributed by atoms with Crippen molar-refractivity contribution in [3.8, 4) is 0 Å². The van der Waals surface area contributed by atoms with Crippen LogP contribution in [0.5, 0.6) is 0 Å². The van der Waals surface area contributed by atoms with Gasteiger partial charge in [0.05, 0.1) is 0 Å². The van der Waals surface area contributed by atoms with Gasteiger partial charge in [0, 0.05) is 61.8 Å². The molecule has 3 heterocycles. The van der Waals surface area contributed by atoms with Crippen molar-refractivity contribution >= 4 is 23.5 Å². The first-order valence-corrected chi connectivity index (χ1v) is 10.3. The molecule has 0 saturated carbocycles. The summed E-state index contributed by atoms with van der Waals surface area (Å²) >= 11 is 0. The molecule has 4 amide bonds. The Labute approximate surface area is 183 Å². The van der Waals surface area contributed by atoms with Crippen molar-refractivity contribution in [2.24, 2.45) is 0 Å². The SMILES string of the molecule is C[C@H]1CN(C(=O)CCC2(c3cccnc3)NC(=O)NC2=O)CCN1c1cc(F)cc(F)c1. The van der Waals surface area contributed by atoms with Gasteiger partial charge in [0.15, 0.2) is 0 Å². The number of pyridine rings is 1. The van der Waals surface area contributed by atoms with Gasteiger partial charge in [-0.25, -0.2) is 13.6 Å². The summed E-state index contributed by atoms with van der Waals surface area (Å²) in [6, 6.07) is 5.94. The number of halogens is 2. The van der Waals surface area contributed by atoms with Crippen molar-refractivity contribution in [1.29, 1.82) is 0 Å². The maximum Gasteiger partial charge on any atom is 0.322 e. The van der Waals surface area contributed by atoms with E-state index in [0.717, 1.165) is 6.07 Å². The number of imide groups is 1. The van der Waals surface area contributed by atoms with E-state index in [4.69, 9.17) is 0 Å². The van der Waals surface area contributed by atoms with Gasteiger partial charge in [0.1, 0.15) is 17.2 Å². The molecule has 0 bridgehead atoms. The molecular formula is C22H23F2N5O3. The number of anilines is 1. The van der Waals surface area contributed by atoms with Crippen LogP contribution in [0.4, 0.5) is 19.3 Å². The molecule has 8 nitrogen and oxygen atoms in total. The van der Waals surface area contributed by atoms with E-state index in [0.29, 0.717) is 30.9 Å². The Morgan fingerprint density at radius 1 is 1.22 bits per heavy atom. The first kappa shape index (κ1) is 21.7. The number of benzene rings is 1. The Morgan fingerprint density at radius 3 is 2.56 bits per heavy atom. The number of hydrogen-bond donors (Lipinski definition) is 2. The predicted molar refractivity (Wildman–Crippen MR) is 112 cm³/mol. The fourth-order valence-corrected chi connectivity index (χ4v) is 4.36. The minimum absolute atomic E-state index is 0.0317. The number of hydrogen-bond acceptors (Lipinski definition) is 5. The highest BCUT2D eigenvalue weighted by Gasteiger charge is 2.48. The lowest BCUT2D eigenvalue weighted by molar-refractivity contribution is -0.133. The molecule has 4 rings (SSSR count). The van der Waals surface area contributed by atoms with E-state index in [1.807, 2.05) is 11.8 Å². The van der Waals surface area contributed by atoms with Crippen LogP contribution in [0.2, 0.25) is 0 Å². The van der Waals surface area contributed by atoms with Crippen LogP contribution in [0.1, 0.15) is 25.3 Å². The number of carbonyl (C=O) groups excluding carboxylic acids is 3. The Morgan fingerprint density at radius 2 is 1.97 bits per heavy atom. The van der Waals surface area contributed by atoms with Gasteiger partial charge in [-0.1, -0.05) is 6.07 Å². The standard InChI is InChI=1S/C22H23F2N5O3/c1-14-13-28(7-8-29(14)18-10-16(23)9-17(24)11-18)19(30)4-5-22(15-3-2-6-25-12-15)20(31)26-21(32)27-22/h2-3,6,9-12,14H,4-5,7-8,13H2,1H3,(H2,26,27,31,32)/t14-,22?/m0/s1. The zero-order chi connectivity index (χ0) is 22.9. The molecule has 0 radical (unpaired) electrons. The molecule has 32 heavy (non-hydrogen) atoms. The van der Waals surface area contributed by atoms with E-state index < -0.39 is 29.1 Å². The molecule has 10 heteroatoms. The third-order valence-electron chi connectivity index (χ3n) is 5.97. The number of nitrogens with one attached hydrogen (secondary N) is 2. The minimum Gasteiger partial charge on any atom is -0.365 e. The maximum atomic E-state index is 13.6. The van der Waals surface area contributed by atoms with Gasteiger partial charge in [0.25, 0.3) is 5.91 Å². The summed E-state index contributed by atoms with van der Waals surface area (Å²) in [5.41, 5.74) is -0.418. The number of piperazine rings is 1. The van der Waals surface area contributed by atoms with E-state index in [9.17, 15) is 23.2 Å². The van der Waals surface area contributed by atoms with Crippen LogP contribution in [-0.2, 0) is 15.1 Å². The van der Waals surface area contributed by atoms with E-state index in [-0.39, 0.29) is 24.8 Å². The van der Waals surface area contributed by atoms with E-state index in [2.05, 4.69) is 15.6 Å². The number of urea groups is 1. The zero-order valence-corrected chi connectivity index (χ0v) is 17.5. The van der Waals surface area contributed by atoms with Crippen molar-refractivity contribution in [2.45, 2.75) is 31.3 Å². The van der Waals surface area contributed by atoms with Crippen LogP contribution >= 0.6 is 0 Å². The molecule has 2 saturated heterocycles. The lowest BCUT2D eigenvalue weighted by atomic mass is 9.86. The average molecular weight is 443 g/mol. The number of carbonyl (C=O) groups is 3. The molecule has 1 aromatic carbocycles. The van der Waals surface area contributed by atoms with Crippen molar-refractivity contribution in [3.05, 3.63) is 59.9 Å². The predicted octanol–water partition coefficient (Wildman–Crippen LogP) is 1.91. The second kappa shape index (κ2) is 8.52. The molecule has 0 spiro atoms. The molecule has 2 aliphatic heterocycles. The summed E-state index contributed by atoms with van der Waals surface area (Å²) in [5, 5.41) is 4.89. The summed E-state index contributed by atoms with van der Waals surface area (Å²) < 4.78 is 27.2. The molecule has 2 atom stereocenters. The molecule has 1 aromatic heterocycles. The second-order valence-electron chi connectivity index (χ2n) is 8.07. The Hall–Kier alpha value is -3.56. The van der Waals surface area contributed by atoms with Crippen LogP contribution in [0.25, 0.3) is 0 Å². The van der Waals surface area contributed by atoms with Crippen molar-refractivity contribution < 1.29 is 23.2 Å². The summed E-state index contributed by atoms with van der Waals surface area (Å²) in [4.78, 5) is 44.9. The minimum atomic E-state index is -1.35. The van der Waals surface area contributed by atoms with Gasteiger partial charge in [-0.3, -0.25) is 19.9 Å². The summed E-state index contributed by atoms with van der Waals surface area (Å²) in [5.74, 6) is -1.99. The Bertz CT molecular complexity index is 1030. The van der Waals surface area contributed by atoms with Gasteiger partial charge in [-0.05, 0) is 31.5 Å². The Balaban J connectivity index is 1.43. The highest BCUT2D eigenvalue weighted by molar-refractivity contribution is 6.07. The van der Waals surface area contributed by atoms with Crippen molar-refractivity contribution in [2.75, 3.05) is 24.5 Å². The lowest BCUT2D eigenvalue weighted by Crippen LogP contribution is -2.54. The van der Waals surface area contributed by atoms with Crippen LogP contribution < -0.4 is 15.5 Å². The van der Waals surface area contributed by atoms with Gasteiger partial charge in [-0.15, -0.1) is 0 Å². The smallest absolute Gasteiger partial charge is 0.322 e. The van der Waals surface area contributed by atoms with Gasteiger partial charge in [-0.2, -0.15) is 0 Å². The summed E-state index contributed by atoms with van der Waals surface area (Å²) in [7, 11) is 0. The first-order chi connectivity index (χ1) is 15.3. The molecule has 2 aromatic rings. The quantitative estimate of drug-likeness (QED) is 0.689. The third-order valence-corrected chi connectivity index (χ3v) is 5.97. The number of rotatable bonds is 5. The molecule has 0 aliphatic carbocycles. The van der Waals surface area contributed by atoms with E-state index >= 15 is 0 Å². The molecule has 2 aliphatic rings. The largest absolute Gasteiger partial charge is 0.365 e. The van der Waals surface area contributed by atoms with Crippen LogP contribution in [0, 0.1) is 11.6 Å². The summed E-state index contributed by atoms with van der Waals surface area (Å²) in [6.45, 7) is 3.04. The molecule has 2 fully saturated rings. The molecule has 2 N–H and O–H groups in total. The fourth-order valence-electron chi connectivity index (χ4n) is 4.36.